The van der Waals surface area contributed by atoms with Crippen molar-refractivity contribution >= 4 is 29.1 Å². The third-order valence-electron chi connectivity index (χ3n) is 3.25. The molecule has 4 heteroatoms. The highest BCUT2D eigenvalue weighted by atomic mass is 35.5. The Labute approximate surface area is 121 Å². The highest BCUT2D eigenvalue weighted by Gasteiger charge is 2.21. The summed E-state index contributed by atoms with van der Waals surface area (Å²) >= 11 is 7.67. The van der Waals surface area contributed by atoms with Gasteiger partial charge in [0.05, 0.1) is 16.8 Å². The first-order chi connectivity index (χ1) is 9.25. The molecule has 2 aromatic carbocycles. The van der Waals surface area contributed by atoms with Gasteiger partial charge in [0.1, 0.15) is 0 Å². The summed E-state index contributed by atoms with van der Waals surface area (Å²) in [5.41, 5.74) is 3.04. The average molecular weight is 294 g/mol. The Balaban J connectivity index is 1.91. The molecule has 1 unspecified atom stereocenters. The summed E-state index contributed by atoms with van der Waals surface area (Å²) in [6.07, 6.45) is 0. The molecule has 3 rings (SSSR count). The Morgan fingerprint density at radius 1 is 1.16 bits per heavy atom. The molecule has 0 spiro atoms. The van der Waals surface area contributed by atoms with Gasteiger partial charge in [-0.2, -0.15) is 11.8 Å². The molecular formula is C15H13ClFNS. The quantitative estimate of drug-likeness (QED) is 0.847. The van der Waals surface area contributed by atoms with E-state index in [1.54, 1.807) is 18.2 Å². The standard InChI is InChI=1S/C15H13ClFNS/c16-12-6-3-7-13(15(12)17)18-14-9-19-8-10-4-1-2-5-11(10)14/h1-7,14,18H,8-9H2. The van der Waals surface area contributed by atoms with E-state index in [0.717, 1.165) is 11.5 Å². The van der Waals surface area contributed by atoms with Gasteiger partial charge in [0.15, 0.2) is 5.82 Å². The maximum absolute atomic E-state index is 13.9. The number of benzene rings is 2. The Morgan fingerprint density at radius 3 is 2.89 bits per heavy atom. The van der Waals surface area contributed by atoms with Crippen molar-refractivity contribution in [2.75, 3.05) is 11.1 Å². The molecule has 1 aliphatic heterocycles. The SMILES string of the molecule is Fc1c(Cl)cccc1NC1CSCc2ccccc21. The number of fused-ring (bicyclic) bond motifs is 1. The van der Waals surface area contributed by atoms with Crippen LogP contribution in [-0.2, 0) is 5.75 Å². The lowest BCUT2D eigenvalue weighted by Gasteiger charge is -2.27. The predicted octanol–water partition coefficient (Wildman–Crippen LogP) is 4.88. The fourth-order valence-electron chi connectivity index (χ4n) is 2.30. The molecule has 1 N–H and O–H groups in total. The summed E-state index contributed by atoms with van der Waals surface area (Å²) in [4.78, 5) is 0. The average Bonchev–Trinajstić information content (AvgIpc) is 2.44. The van der Waals surface area contributed by atoms with Crippen LogP contribution in [0.25, 0.3) is 0 Å². The van der Waals surface area contributed by atoms with Crippen molar-refractivity contribution in [2.24, 2.45) is 0 Å². The van der Waals surface area contributed by atoms with Gasteiger partial charge in [0.2, 0.25) is 0 Å². The predicted molar refractivity (Wildman–Crippen MR) is 80.4 cm³/mol. The molecule has 98 valence electrons. The number of nitrogens with one attached hydrogen (secondary N) is 1. The van der Waals surface area contributed by atoms with Crippen molar-refractivity contribution in [2.45, 2.75) is 11.8 Å². The van der Waals surface area contributed by atoms with Crippen LogP contribution >= 0.6 is 23.4 Å². The first-order valence-corrected chi connectivity index (χ1v) is 7.65. The lowest BCUT2D eigenvalue weighted by atomic mass is 10.0. The Bertz CT molecular complexity index is 602. The minimum atomic E-state index is -0.378. The number of rotatable bonds is 2. The molecular weight excluding hydrogens is 281 g/mol. The van der Waals surface area contributed by atoms with Crippen molar-refractivity contribution < 1.29 is 4.39 Å². The maximum Gasteiger partial charge on any atom is 0.164 e. The number of hydrogen-bond acceptors (Lipinski definition) is 2. The van der Waals surface area contributed by atoms with Crippen LogP contribution in [0.1, 0.15) is 17.2 Å². The monoisotopic (exact) mass is 293 g/mol. The van der Waals surface area contributed by atoms with Crippen LogP contribution in [-0.4, -0.2) is 5.75 Å². The maximum atomic E-state index is 13.9. The van der Waals surface area contributed by atoms with Crippen LogP contribution in [0.15, 0.2) is 42.5 Å². The van der Waals surface area contributed by atoms with Gasteiger partial charge in [-0.1, -0.05) is 41.9 Å². The van der Waals surface area contributed by atoms with E-state index < -0.39 is 0 Å². The summed E-state index contributed by atoms with van der Waals surface area (Å²) in [5, 5.41) is 3.42. The molecule has 0 bridgehead atoms. The molecule has 0 fully saturated rings. The highest BCUT2D eigenvalue weighted by Crippen LogP contribution is 2.35. The zero-order chi connectivity index (χ0) is 13.2. The Morgan fingerprint density at radius 2 is 2.00 bits per heavy atom. The second-order valence-electron chi connectivity index (χ2n) is 4.51. The third kappa shape index (κ3) is 2.58. The van der Waals surface area contributed by atoms with E-state index in [1.165, 1.54) is 11.1 Å². The summed E-state index contributed by atoms with van der Waals surface area (Å²) in [7, 11) is 0. The zero-order valence-electron chi connectivity index (χ0n) is 10.2. The molecule has 0 saturated heterocycles. The van der Waals surface area contributed by atoms with E-state index in [9.17, 15) is 4.39 Å². The molecule has 0 saturated carbocycles. The van der Waals surface area contributed by atoms with E-state index in [1.807, 2.05) is 23.9 Å². The molecule has 2 aromatic rings. The smallest absolute Gasteiger partial charge is 0.164 e. The first-order valence-electron chi connectivity index (χ1n) is 6.12. The number of thioether (sulfide) groups is 1. The summed E-state index contributed by atoms with van der Waals surface area (Å²) in [5.74, 6) is 1.58. The Kier molecular flexibility index (Phi) is 3.67. The molecule has 19 heavy (non-hydrogen) atoms. The second-order valence-corrected chi connectivity index (χ2v) is 5.95. The van der Waals surface area contributed by atoms with Crippen molar-refractivity contribution in [3.05, 3.63) is 64.4 Å². The lowest BCUT2D eigenvalue weighted by Crippen LogP contribution is -2.19. The van der Waals surface area contributed by atoms with E-state index in [4.69, 9.17) is 11.6 Å². The van der Waals surface area contributed by atoms with E-state index in [-0.39, 0.29) is 16.9 Å². The molecule has 0 aliphatic carbocycles. The lowest BCUT2D eigenvalue weighted by molar-refractivity contribution is 0.628. The van der Waals surface area contributed by atoms with Crippen molar-refractivity contribution in [1.82, 2.24) is 0 Å². The topological polar surface area (TPSA) is 12.0 Å². The molecule has 1 aliphatic rings. The van der Waals surface area contributed by atoms with E-state index in [2.05, 4.69) is 17.4 Å². The summed E-state index contributed by atoms with van der Waals surface area (Å²) in [6, 6.07) is 13.5. The second kappa shape index (κ2) is 5.43. The van der Waals surface area contributed by atoms with Gasteiger partial charge in [0, 0.05) is 11.5 Å². The van der Waals surface area contributed by atoms with Crippen LogP contribution in [0.2, 0.25) is 5.02 Å². The van der Waals surface area contributed by atoms with Crippen LogP contribution < -0.4 is 5.32 Å². The Hall–Kier alpha value is -1.19. The number of anilines is 1. The van der Waals surface area contributed by atoms with Gasteiger partial charge in [-0.25, -0.2) is 4.39 Å². The van der Waals surface area contributed by atoms with Crippen LogP contribution in [0.4, 0.5) is 10.1 Å². The minimum Gasteiger partial charge on any atom is -0.375 e. The van der Waals surface area contributed by atoms with Crippen LogP contribution in [0.5, 0.6) is 0 Å². The van der Waals surface area contributed by atoms with E-state index in [0.29, 0.717) is 5.69 Å². The molecule has 1 nitrogen and oxygen atoms in total. The summed E-state index contributed by atoms with van der Waals surface area (Å²) in [6.45, 7) is 0. The molecule has 0 amide bonds. The largest absolute Gasteiger partial charge is 0.375 e. The van der Waals surface area contributed by atoms with Crippen molar-refractivity contribution in [1.29, 1.82) is 0 Å². The number of halogens is 2. The fourth-order valence-corrected chi connectivity index (χ4v) is 3.58. The molecule has 0 aromatic heterocycles. The zero-order valence-corrected chi connectivity index (χ0v) is 11.8. The van der Waals surface area contributed by atoms with Gasteiger partial charge >= 0.3 is 0 Å². The first kappa shape index (κ1) is 12.8. The third-order valence-corrected chi connectivity index (χ3v) is 4.63. The normalized spacial score (nSPS) is 17.9. The molecule has 0 radical (unpaired) electrons. The van der Waals surface area contributed by atoms with Gasteiger partial charge in [-0.15, -0.1) is 0 Å². The minimum absolute atomic E-state index is 0.128. The number of hydrogen-bond donors (Lipinski definition) is 1. The van der Waals surface area contributed by atoms with Crippen LogP contribution in [0.3, 0.4) is 0 Å². The molecule has 1 atom stereocenters. The van der Waals surface area contributed by atoms with Gasteiger partial charge < -0.3 is 5.32 Å². The van der Waals surface area contributed by atoms with Crippen molar-refractivity contribution in [3.8, 4) is 0 Å². The molecule has 1 heterocycles. The van der Waals surface area contributed by atoms with Gasteiger partial charge in [-0.05, 0) is 23.3 Å². The highest BCUT2D eigenvalue weighted by molar-refractivity contribution is 7.98. The van der Waals surface area contributed by atoms with Crippen LogP contribution in [0, 0.1) is 5.82 Å². The van der Waals surface area contributed by atoms with Gasteiger partial charge in [0.25, 0.3) is 0 Å². The fraction of sp³-hybridized carbons (Fsp3) is 0.200. The van der Waals surface area contributed by atoms with E-state index >= 15 is 0 Å². The summed E-state index contributed by atoms with van der Waals surface area (Å²) < 4.78 is 13.9. The van der Waals surface area contributed by atoms with Gasteiger partial charge in [-0.3, -0.25) is 0 Å². The van der Waals surface area contributed by atoms with Crippen molar-refractivity contribution in [3.63, 3.8) is 0 Å².